The largest absolute Gasteiger partial charge is 0.332 e. The van der Waals surface area contributed by atoms with Gasteiger partial charge in [0.05, 0.1) is 5.69 Å². The van der Waals surface area contributed by atoms with Gasteiger partial charge in [-0.05, 0) is 58.5 Å². The molecule has 0 aliphatic rings. The van der Waals surface area contributed by atoms with Crippen molar-refractivity contribution in [3.05, 3.63) is 57.5 Å². The molecule has 0 aromatic heterocycles. The summed E-state index contributed by atoms with van der Waals surface area (Å²) in [5.74, 6) is -1.41. The highest BCUT2D eigenvalue weighted by Gasteiger charge is 2.11. The van der Waals surface area contributed by atoms with Gasteiger partial charge in [0.25, 0.3) is 0 Å². The zero-order valence-corrected chi connectivity index (χ0v) is 13.0. The maximum atomic E-state index is 13.6. The number of thiocarbonyl (C=S) groups is 1. The first-order valence-corrected chi connectivity index (χ1v) is 7.02. The number of nitrogens with one attached hydrogen (secondary N) is 2. The Morgan fingerprint density at radius 1 is 1.10 bits per heavy atom. The van der Waals surface area contributed by atoms with Crippen LogP contribution in [-0.2, 0) is 0 Å². The summed E-state index contributed by atoms with van der Waals surface area (Å²) in [5.41, 5.74) is 0.767. The Balaban J connectivity index is 2.10. The molecule has 20 heavy (non-hydrogen) atoms. The summed E-state index contributed by atoms with van der Waals surface area (Å²) in [6.07, 6.45) is 0. The Morgan fingerprint density at radius 3 is 2.35 bits per heavy atom. The van der Waals surface area contributed by atoms with Crippen LogP contribution in [0.5, 0.6) is 0 Å². The average molecular weight is 378 g/mol. The second-order valence-corrected chi connectivity index (χ2v) is 5.53. The van der Waals surface area contributed by atoms with Crippen LogP contribution in [0.1, 0.15) is 0 Å². The van der Waals surface area contributed by atoms with E-state index >= 15 is 0 Å². The molecule has 0 fully saturated rings. The zero-order valence-electron chi connectivity index (χ0n) is 9.88. The number of anilines is 2. The first-order valence-electron chi connectivity index (χ1n) is 5.44. The average Bonchev–Trinajstić information content (AvgIpc) is 2.36. The molecule has 0 radical (unpaired) electrons. The fourth-order valence-corrected chi connectivity index (χ4v) is 2.32. The van der Waals surface area contributed by atoms with Crippen LogP contribution in [-0.4, -0.2) is 5.11 Å². The zero-order chi connectivity index (χ0) is 14.7. The van der Waals surface area contributed by atoms with Crippen molar-refractivity contribution < 1.29 is 8.78 Å². The van der Waals surface area contributed by atoms with E-state index in [-0.39, 0.29) is 15.3 Å². The maximum Gasteiger partial charge on any atom is 0.175 e. The molecule has 104 valence electrons. The SMILES string of the molecule is Fc1cc(F)c(NC(=S)Nc2ccc(Cl)cc2)c(Br)c1. The minimum atomic E-state index is -0.739. The highest BCUT2D eigenvalue weighted by Crippen LogP contribution is 2.27. The summed E-state index contributed by atoms with van der Waals surface area (Å²) in [7, 11) is 0. The van der Waals surface area contributed by atoms with E-state index in [9.17, 15) is 8.78 Å². The smallest absolute Gasteiger partial charge is 0.175 e. The molecule has 0 amide bonds. The predicted molar refractivity (Wildman–Crippen MR) is 85.4 cm³/mol. The van der Waals surface area contributed by atoms with Crippen molar-refractivity contribution in [3.8, 4) is 0 Å². The summed E-state index contributed by atoms with van der Waals surface area (Å²) in [6, 6.07) is 8.77. The lowest BCUT2D eigenvalue weighted by Gasteiger charge is -2.12. The molecule has 0 aliphatic heterocycles. The lowest BCUT2D eigenvalue weighted by atomic mass is 10.3. The first kappa shape index (κ1) is 15.2. The van der Waals surface area contributed by atoms with Gasteiger partial charge in [-0.25, -0.2) is 8.78 Å². The third kappa shape index (κ3) is 3.88. The quantitative estimate of drug-likeness (QED) is 0.704. The Bertz CT molecular complexity index is 626. The van der Waals surface area contributed by atoms with E-state index in [4.69, 9.17) is 23.8 Å². The van der Waals surface area contributed by atoms with Crippen LogP contribution in [0, 0.1) is 11.6 Å². The van der Waals surface area contributed by atoms with Crippen molar-refractivity contribution in [1.29, 1.82) is 0 Å². The minimum absolute atomic E-state index is 0.0675. The van der Waals surface area contributed by atoms with Crippen molar-refractivity contribution in [1.82, 2.24) is 0 Å². The van der Waals surface area contributed by atoms with Gasteiger partial charge in [0.2, 0.25) is 0 Å². The summed E-state index contributed by atoms with van der Waals surface area (Å²) in [6.45, 7) is 0. The lowest BCUT2D eigenvalue weighted by Crippen LogP contribution is -2.20. The fourth-order valence-electron chi connectivity index (χ4n) is 1.47. The number of hydrogen-bond donors (Lipinski definition) is 2. The predicted octanol–water partition coefficient (Wildman–Crippen LogP) is 5.19. The molecule has 0 spiro atoms. The molecule has 7 heteroatoms. The van der Waals surface area contributed by atoms with Gasteiger partial charge >= 0.3 is 0 Å². The van der Waals surface area contributed by atoms with E-state index in [0.29, 0.717) is 10.7 Å². The molecule has 2 rings (SSSR count). The Hall–Kier alpha value is -1.24. The second kappa shape index (κ2) is 6.47. The third-order valence-corrected chi connectivity index (χ3v) is 3.43. The van der Waals surface area contributed by atoms with Gasteiger partial charge in [0.1, 0.15) is 5.82 Å². The summed E-state index contributed by atoms with van der Waals surface area (Å²) >= 11 is 13.9. The van der Waals surface area contributed by atoms with Crippen LogP contribution in [0.4, 0.5) is 20.2 Å². The molecule has 2 N–H and O–H groups in total. The van der Waals surface area contributed by atoms with Crippen molar-refractivity contribution >= 4 is 56.2 Å². The van der Waals surface area contributed by atoms with Crippen LogP contribution in [0.2, 0.25) is 5.02 Å². The highest BCUT2D eigenvalue weighted by atomic mass is 79.9. The van der Waals surface area contributed by atoms with Crippen LogP contribution < -0.4 is 10.6 Å². The standard InChI is InChI=1S/C13H8BrClF2N2S/c14-10-5-8(16)6-11(17)12(10)19-13(20)18-9-3-1-7(15)2-4-9/h1-6H,(H2,18,19,20). The van der Waals surface area contributed by atoms with E-state index in [2.05, 4.69) is 26.6 Å². The van der Waals surface area contributed by atoms with Gasteiger partial charge in [0, 0.05) is 21.2 Å². The van der Waals surface area contributed by atoms with Gasteiger partial charge in [-0.15, -0.1) is 0 Å². The minimum Gasteiger partial charge on any atom is -0.332 e. The van der Waals surface area contributed by atoms with E-state index in [1.54, 1.807) is 24.3 Å². The molecule has 2 aromatic carbocycles. The lowest BCUT2D eigenvalue weighted by molar-refractivity contribution is 0.585. The van der Waals surface area contributed by atoms with Crippen molar-refractivity contribution in [2.45, 2.75) is 0 Å². The maximum absolute atomic E-state index is 13.6. The van der Waals surface area contributed by atoms with Gasteiger partial charge in [-0.2, -0.15) is 0 Å². The van der Waals surface area contributed by atoms with Gasteiger partial charge < -0.3 is 10.6 Å². The molecule has 2 aromatic rings. The van der Waals surface area contributed by atoms with Crippen LogP contribution in [0.3, 0.4) is 0 Å². The number of halogens is 4. The highest BCUT2D eigenvalue weighted by molar-refractivity contribution is 9.10. The summed E-state index contributed by atoms with van der Waals surface area (Å²) < 4.78 is 26.8. The van der Waals surface area contributed by atoms with E-state index in [1.165, 1.54) is 0 Å². The van der Waals surface area contributed by atoms with Crippen LogP contribution in [0.25, 0.3) is 0 Å². The monoisotopic (exact) mass is 376 g/mol. The third-order valence-electron chi connectivity index (χ3n) is 2.35. The summed E-state index contributed by atoms with van der Waals surface area (Å²) in [4.78, 5) is 0. The topological polar surface area (TPSA) is 24.1 Å². The second-order valence-electron chi connectivity index (χ2n) is 3.83. The van der Waals surface area contributed by atoms with E-state index in [1.807, 2.05) is 0 Å². The first-order chi connectivity index (χ1) is 9.45. The van der Waals surface area contributed by atoms with Gasteiger partial charge in [-0.3, -0.25) is 0 Å². The molecule has 0 heterocycles. The molecule has 0 aliphatic carbocycles. The van der Waals surface area contributed by atoms with E-state index in [0.717, 1.165) is 12.1 Å². The molecule has 0 bridgehead atoms. The van der Waals surface area contributed by atoms with Crippen molar-refractivity contribution in [2.24, 2.45) is 0 Å². The normalized spacial score (nSPS) is 10.2. The Kier molecular flexibility index (Phi) is 4.91. The molecule has 0 atom stereocenters. The summed E-state index contributed by atoms with van der Waals surface area (Å²) in [5, 5.41) is 6.31. The molecular weight excluding hydrogens is 370 g/mol. The van der Waals surface area contributed by atoms with Crippen molar-refractivity contribution in [2.75, 3.05) is 10.6 Å². The molecular formula is C13H8BrClF2N2S. The molecule has 0 unspecified atom stereocenters. The Labute approximate surface area is 133 Å². The Morgan fingerprint density at radius 2 is 1.75 bits per heavy atom. The van der Waals surface area contributed by atoms with Gasteiger partial charge in [-0.1, -0.05) is 11.6 Å². The van der Waals surface area contributed by atoms with E-state index < -0.39 is 11.6 Å². The van der Waals surface area contributed by atoms with Gasteiger partial charge in [0.15, 0.2) is 10.9 Å². The fraction of sp³-hybridized carbons (Fsp3) is 0. The molecule has 0 saturated carbocycles. The van der Waals surface area contributed by atoms with Crippen molar-refractivity contribution in [3.63, 3.8) is 0 Å². The molecule has 0 saturated heterocycles. The van der Waals surface area contributed by atoms with Crippen LogP contribution >= 0.6 is 39.7 Å². The number of rotatable bonds is 2. The molecule has 2 nitrogen and oxygen atoms in total. The number of benzene rings is 2. The number of hydrogen-bond acceptors (Lipinski definition) is 1. The van der Waals surface area contributed by atoms with Crippen LogP contribution in [0.15, 0.2) is 40.9 Å².